The van der Waals surface area contributed by atoms with Crippen LogP contribution in [-0.4, -0.2) is 28.1 Å². The van der Waals surface area contributed by atoms with Crippen LogP contribution in [0.25, 0.3) is 10.6 Å². The second-order valence-corrected chi connectivity index (χ2v) is 8.33. The molecule has 2 atom stereocenters. The molecular formula is C19H26N4O2S. The molecule has 7 heteroatoms. The second kappa shape index (κ2) is 8.40. The average molecular weight is 375 g/mol. The number of nitrogens with zero attached hydrogens (tertiary/aromatic N) is 2. The third-order valence-electron chi connectivity index (χ3n) is 4.14. The van der Waals surface area contributed by atoms with Gasteiger partial charge in [-0.2, -0.15) is 0 Å². The lowest BCUT2D eigenvalue weighted by molar-refractivity contribution is -0.132. The topological polar surface area (TPSA) is 84.0 Å². The maximum absolute atomic E-state index is 12.7. The van der Waals surface area contributed by atoms with Crippen molar-refractivity contribution in [2.75, 3.05) is 5.32 Å². The van der Waals surface area contributed by atoms with Gasteiger partial charge in [0.2, 0.25) is 16.9 Å². The largest absolute Gasteiger partial charge is 0.344 e. The Bertz CT molecular complexity index is 752. The fraction of sp³-hybridized carbons (Fsp3) is 0.474. The molecule has 26 heavy (non-hydrogen) atoms. The summed E-state index contributed by atoms with van der Waals surface area (Å²) in [4.78, 5) is 25.1. The molecule has 0 radical (unpaired) electrons. The van der Waals surface area contributed by atoms with Gasteiger partial charge in [-0.05, 0) is 5.92 Å². The van der Waals surface area contributed by atoms with Crippen molar-refractivity contribution in [1.82, 2.24) is 15.5 Å². The Morgan fingerprint density at radius 3 is 2.38 bits per heavy atom. The maximum Gasteiger partial charge on any atom is 0.249 e. The highest BCUT2D eigenvalue weighted by Gasteiger charge is 2.31. The highest BCUT2D eigenvalue weighted by molar-refractivity contribution is 7.18. The quantitative estimate of drug-likeness (QED) is 0.807. The Kier molecular flexibility index (Phi) is 6.47. The van der Waals surface area contributed by atoms with E-state index < -0.39 is 11.5 Å². The first-order valence-electron chi connectivity index (χ1n) is 8.73. The smallest absolute Gasteiger partial charge is 0.249 e. The molecule has 0 saturated heterocycles. The van der Waals surface area contributed by atoms with Crippen molar-refractivity contribution in [3.63, 3.8) is 0 Å². The van der Waals surface area contributed by atoms with E-state index in [4.69, 9.17) is 0 Å². The summed E-state index contributed by atoms with van der Waals surface area (Å²) < 4.78 is 0. The molecule has 0 aliphatic carbocycles. The van der Waals surface area contributed by atoms with Crippen molar-refractivity contribution < 1.29 is 9.59 Å². The van der Waals surface area contributed by atoms with Crippen molar-refractivity contribution in [2.45, 2.75) is 47.1 Å². The van der Waals surface area contributed by atoms with E-state index in [9.17, 15) is 9.59 Å². The first-order chi connectivity index (χ1) is 12.2. The van der Waals surface area contributed by atoms with Gasteiger partial charge >= 0.3 is 0 Å². The molecule has 2 amide bonds. The zero-order valence-corrected chi connectivity index (χ0v) is 16.7. The van der Waals surface area contributed by atoms with Crippen molar-refractivity contribution >= 4 is 28.3 Å². The molecule has 0 aliphatic rings. The number of nitrogens with one attached hydrogen (secondary N) is 2. The molecule has 0 fully saturated rings. The van der Waals surface area contributed by atoms with E-state index in [0.29, 0.717) is 5.13 Å². The van der Waals surface area contributed by atoms with E-state index in [1.165, 1.54) is 11.3 Å². The second-order valence-electron chi connectivity index (χ2n) is 7.35. The maximum atomic E-state index is 12.7. The minimum Gasteiger partial charge on any atom is -0.344 e. The SMILES string of the molecule is CC[C@H](C)[C@H](NC(=O)C(C)(C)C)C(=O)Nc1nnc(-c2ccccc2)s1. The number of rotatable bonds is 6. The molecule has 6 nitrogen and oxygen atoms in total. The van der Waals surface area contributed by atoms with Crippen LogP contribution in [0, 0.1) is 11.3 Å². The zero-order chi connectivity index (χ0) is 19.3. The summed E-state index contributed by atoms with van der Waals surface area (Å²) in [5.74, 6) is -0.421. The Labute approximate surface area is 158 Å². The van der Waals surface area contributed by atoms with Gasteiger partial charge in [0.25, 0.3) is 0 Å². The molecule has 1 heterocycles. The van der Waals surface area contributed by atoms with Crippen LogP contribution in [0.5, 0.6) is 0 Å². The van der Waals surface area contributed by atoms with E-state index in [0.717, 1.165) is 17.0 Å². The fourth-order valence-corrected chi connectivity index (χ4v) is 2.97. The normalized spacial score (nSPS) is 13.7. The third-order valence-corrected chi connectivity index (χ3v) is 5.03. The number of anilines is 1. The van der Waals surface area contributed by atoms with Crippen LogP contribution in [0.4, 0.5) is 5.13 Å². The van der Waals surface area contributed by atoms with Gasteiger partial charge in [-0.15, -0.1) is 10.2 Å². The lowest BCUT2D eigenvalue weighted by atomic mass is 9.92. The van der Waals surface area contributed by atoms with Crippen molar-refractivity contribution in [2.24, 2.45) is 11.3 Å². The lowest BCUT2D eigenvalue weighted by Gasteiger charge is -2.27. The van der Waals surface area contributed by atoms with Gasteiger partial charge in [0.15, 0.2) is 0 Å². The molecule has 0 unspecified atom stereocenters. The standard InChI is InChI=1S/C19H26N4O2S/c1-6-12(2)14(20-17(25)19(3,4)5)15(24)21-18-23-22-16(26-18)13-10-8-7-9-11-13/h7-12,14H,6H2,1-5H3,(H,20,25)(H,21,23,24)/t12-,14-/m0/s1. The predicted molar refractivity (Wildman–Crippen MR) is 105 cm³/mol. The lowest BCUT2D eigenvalue weighted by Crippen LogP contribution is -2.50. The van der Waals surface area contributed by atoms with Crippen LogP contribution in [0.3, 0.4) is 0 Å². The number of aromatic nitrogens is 2. The van der Waals surface area contributed by atoms with E-state index in [1.807, 2.05) is 65.0 Å². The van der Waals surface area contributed by atoms with E-state index >= 15 is 0 Å². The molecule has 0 saturated carbocycles. The molecule has 140 valence electrons. The number of carbonyl (C=O) groups excluding carboxylic acids is 2. The summed E-state index contributed by atoms with van der Waals surface area (Å²) in [6.07, 6.45) is 0.772. The molecular weight excluding hydrogens is 348 g/mol. The summed E-state index contributed by atoms with van der Waals surface area (Å²) >= 11 is 1.31. The summed E-state index contributed by atoms with van der Waals surface area (Å²) in [6, 6.07) is 9.05. The van der Waals surface area contributed by atoms with Crippen molar-refractivity contribution in [3.05, 3.63) is 30.3 Å². The number of carbonyl (C=O) groups is 2. The van der Waals surface area contributed by atoms with Crippen LogP contribution in [0.2, 0.25) is 0 Å². The van der Waals surface area contributed by atoms with Crippen LogP contribution in [0.1, 0.15) is 41.0 Å². The number of hydrogen-bond donors (Lipinski definition) is 2. The number of benzene rings is 1. The average Bonchev–Trinajstić information content (AvgIpc) is 3.07. The molecule has 2 aromatic rings. The fourth-order valence-electron chi connectivity index (χ4n) is 2.21. The van der Waals surface area contributed by atoms with Gasteiger partial charge in [0, 0.05) is 11.0 Å². The monoisotopic (exact) mass is 374 g/mol. The third kappa shape index (κ3) is 5.11. The zero-order valence-electron chi connectivity index (χ0n) is 15.9. The molecule has 0 spiro atoms. The molecule has 0 bridgehead atoms. The Morgan fingerprint density at radius 1 is 1.15 bits per heavy atom. The Morgan fingerprint density at radius 2 is 1.81 bits per heavy atom. The Hall–Kier alpha value is -2.28. The molecule has 2 N–H and O–H groups in total. The minimum absolute atomic E-state index is 0.00261. The van der Waals surface area contributed by atoms with Gasteiger partial charge in [-0.3, -0.25) is 14.9 Å². The number of amides is 2. The van der Waals surface area contributed by atoms with Crippen LogP contribution < -0.4 is 10.6 Å². The highest BCUT2D eigenvalue weighted by atomic mass is 32.1. The minimum atomic E-state index is -0.615. The van der Waals surface area contributed by atoms with Crippen LogP contribution in [-0.2, 0) is 9.59 Å². The van der Waals surface area contributed by atoms with Crippen molar-refractivity contribution in [1.29, 1.82) is 0 Å². The Balaban J connectivity index is 2.12. The molecule has 0 aliphatic heterocycles. The van der Waals surface area contributed by atoms with Crippen LogP contribution in [0.15, 0.2) is 30.3 Å². The van der Waals surface area contributed by atoms with Gasteiger partial charge in [0.05, 0.1) is 0 Å². The first-order valence-corrected chi connectivity index (χ1v) is 9.54. The van der Waals surface area contributed by atoms with E-state index in [-0.39, 0.29) is 17.7 Å². The van der Waals surface area contributed by atoms with E-state index in [1.54, 1.807) is 0 Å². The first kappa shape index (κ1) is 20.0. The van der Waals surface area contributed by atoms with E-state index in [2.05, 4.69) is 20.8 Å². The van der Waals surface area contributed by atoms with Gasteiger partial charge in [-0.1, -0.05) is 82.7 Å². The van der Waals surface area contributed by atoms with Crippen molar-refractivity contribution in [3.8, 4) is 10.6 Å². The summed E-state index contributed by atoms with van der Waals surface area (Å²) in [5.41, 5.74) is 0.389. The van der Waals surface area contributed by atoms with Crippen LogP contribution >= 0.6 is 11.3 Å². The summed E-state index contributed by atoms with van der Waals surface area (Å²) in [5, 5.41) is 15.0. The molecule has 1 aromatic heterocycles. The predicted octanol–water partition coefficient (Wildman–Crippen LogP) is 3.72. The summed E-state index contributed by atoms with van der Waals surface area (Å²) in [6.45, 7) is 9.41. The number of hydrogen-bond acceptors (Lipinski definition) is 5. The van der Waals surface area contributed by atoms with Gasteiger partial charge in [0.1, 0.15) is 11.0 Å². The molecule has 1 aromatic carbocycles. The van der Waals surface area contributed by atoms with Gasteiger partial charge < -0.3 is 5.32 Å². The highest BCUT2D eigenvalue weighted by Crippen LogP contribution is 2.26. The summed E-state index contributed by atoms with van der Waals surface area (Å²) in [7, 11) is 0. The molecule has 2 rings (SSSR count). The van der Waals surface area contributed by atoms with Gasteiger partial charge in [-0.25, -0.2) is 0 Å².